The van der Waals surface area contributed by atoms with Crippen LogP contribution in [0.1, 0.15) is 74.9 Å². The van der Waals surface area contributed by atoms with Crippen molar-refractivity contribution in [2.75, 3.05) is 0 Å². The van der Waals surface area contributed by atoms with Crippen LogP contribution in [0.4, 0.5) is 4.39 Å². The van der Waals surface area contributed by atoms with E-state index < -0.39 is 5.41 Å². The summed E-state index contributed by atoms with van der Waals surface area (Å²) in [6.45, 7) is 14.8. The summed E-state index contributed by atoms with van der Waals surface area (Å²) in [6, 6.07) is 21.1. The Bertz CT molecular complexity index is 2030. The van der Waals surface area contributed by atoms with Gasteiger partial charge in [-0.25, -0.2) is 4.39 Å². The van der Waals surface area contributed by atoms with E-state index in [1.165, 1.54) is 39.5 Å². The minimum absolute atomic E-state index is 0. The number of pyridine rings is 1. The predicted molar refractivity (Wildman–Crippen MR) is 188 cm³/mol. The number of hydrogen-bond acceptors (Lipinski definition) is 3. The quantitative estimate of drug-likeness (QED) is 0.0837. The molecule has 5 aromatic rings. The maximum Gasteiger partial charge on any atom is 0.164 e. The Morgan fingerprint density at radius 1 is 0.809 bits per heavy atom. The summed E-state index contributed by atoms with van der Waals surface area (Å²) in [5.74, 6) is -0.00903. The molecule has 0 saturated heterocycles. The van der Waals surface area contributed by atoms with Crippen molar-refractivity contribution in [1.82, 2.24) is 4.98 Å². The number of fused-ring (bicyclic) bond motifs is 3. The first-order chi connectivity index (χ1) is 21.6. The minimum Gasteiger partial charge on any atom is -0.512 e. The number of ketones is 1. The van der Waals surface area contributed by atoms with Crippen molar-refractivity contribution >= 4 is 27.3 Å². The van der Waals surface area contributed by atoms with E-state index in [2.05, 4.69) is 42.5 Å². The van der Waals surface area contributed by atoms with Gasteiger partial charge in [-0.05, 0) is 101 Å². The molecule has 2 aliphatic rings. The summed E-state index contributed by atoms with van der Waals surface area (Å²) in [6.07, 6.45) is 7.48. The Labute approximate surface area is 291 Å². The number of aromatic nitrogens is 1. The summed E-state index contributed by atoms with van der Waals surface area (Å²) in [5, 5.41) is 13.8. The standard InChI is InChI=1S/C31H23FN.C11H20O2.Ir/c1-17-14-27-24(18(2)30(17)32)10-11-26-25(27)12-13-33-31(26)23-15-21-8-6-19-4-3-5-20-7-9-22(16-23)29(21)28(19)20;1-10(2,3)8(12)7-9(13)11(4,5)6;/h3-5,10-15H,6-9H2,1-2H3;7,12H,1-6H3;/q-1;;/b;8-7-;. The molecule has 0 amide bonds. The van der Waals surface area contributed by atoms with E-state index in [1.807, 2.05) is 73.7 Å². The Morgan fingerprint density at radius 2 is 1.45 bits per heavy atom. The summed E-state index contributed by atoms with van der Waals surface area (Å²) in [4.78, 5) is 16.3. The van der Waals surface area contributed by atoms with E-state index in [4.69, 9.17) is 4.98 Å². The molecule has 245 valence electrons. The van der Waals surface area contributed by atoms with Crippen molar-refractivity contribution in [2.24, 2.45) is 10.8 Å². The monoisotopic (exact) mass is 805 g/mol. The number of aliphatic hydroxyl groups is 1. The van der Waals surface area contributed by atoms with Gasteiger partial charge in [0, 0.05) is 43.2 Å². The number of aryl methyl sites for hydroxylation is 6. The Kier molecular flexibility index (Phi) is 9.40. The molecule has 4 aromatic carbocycles. The van der Waals surface area contributed by atoms with Crippen LogP contribution in [0, 0.1) is 36.6 Å². The molecule has 0 aliphatic heterocycles. The number of carbonyl (C=O) groups excluding carboxylic acids is 1. The average Bonchev–Trinajstić information content (AvgIpc) is 3.01. The molecule has 1 N–H and O–H groups in total. The van der Waals surface area contributed by atoms with E-state index in [1.54, 1.807) is 0 Å². The minimum atomic E-state index is -0.417. The molecule has 0 unspecified atom stereocenters. The third kappa shape index (κ3) is 6.45. The van der Waals surface area contributed by atoms with Crippen molar-refractivity contribution in [3.63, 3.8) is 0 Å². The molecule has 0 spiro atoms. The summed E-state index contributed by atoms with van der Waals surface area (Å²) < 4.78 is 14.5. The molecule has 0 bridgehead atoms. The van der Waals surface area contributed by atoms with Crippen LogP contribution >= 0.6 is 0 Å². The van der Waals surface area contributed by atoms with Gasteiger partial charge in [-0.15, -0.1) is 28.8 Å². The van der Waals surface area contributed by atoms with Gasteiger partial charge in [0.05, 0.1) is 0 Å². The average molecular weight is 805 g/mol. The topological polar surface area (TPSA) is 50.2 Å². The largest absolute Gasteiger partial charge is 0.512 e. The first-order valence-electron chi connectivity index (χ1n) is 16.3. The zero-order valence-corrected chi connectivity index (χ0v) is 31.0. The van der Waals surface area contributed by atoms with Gasteiger partial charge in [0.2, 0.25) is 0 Å². The number of carbonyl (C=O) groups is 1. The first-order valence-corrected chi connectivity index (χ1v) is 16.3. The smallest absolute Gasteiger partial charge is 0.164 e. The number of rotatable bonds is 2. The second kappa shape index (κ2) is 12.7. The normalized spacial score (nSPS) is 13.9. The van der Waals surface area contributed by atoms with E-state index >= 15 is 0 Å². The summed E-state index contributed by atoms with van der Waals surface area (Å²) in [5.41, 5.74) is 11.3. The molecule has 3 nitrogen and oxygen atoms in total. The molecule has 0 atom stereocenters. The number of halogens is 1. The van der Waals surface area contributed by atoms with Crippen molar-refractivity contribution < 1.29 is 34.4 Å². The van der Waals surface area contributed by atoms with Crippen LogP contribution in [0.25, 0.3) is 43.9 Å². The third-order valence-corrected chi connectivity index (χ3v) is 9.48. The van der Waals surface area contributed by atoms with Gasteiger partial charge in [0.1, 0.15) is 11.6 Å². The first kappa shape index (κ1) is 34.7. The van der Waals surface area contributed by atoms with Crippen LogP contribution in [-0.4, -0.2) is 15.9 Å². The zero-order chi connectivity index (χ0) is 33.1. The molecule has 7 rings (SSSR count). The Hall–Kier alpha value is -3.66. The van der Waals surface area contributed by atoms with Crippen LogP contribution in [0.3, 0.4) is 0 Å². The number of benzene rings is 4. The molecule has 1 aromatic heterocycles. The predicted octanol–water partition coefficient (Wildman–Crippen LogP) is 10.6. The van der Waals surface area contributed by atoms with E-state index in [0.29, 0.717) is 11.1 Å². The van der Waals surface area contributed by atoms with Gasteiger partial charge in [-0.3, -0.25) is 4.79 Å². The second-order valence-corrected chi connectivity index (χ2v) is 15.0. The van der Waals surface area contributed by atoms with Crippen molar-refractivity contribution in [2.45, 2.75) is 81.1 Å². The van der Waals surface area contributed by atoms with Gasteiger partial charge in [-0.1, -0.05) is 83.0 Å². The third-order valence-electron chi connectivity index (χ3n) is 9.48. The van der Waals surface area contributed by atoms with Crippen LogP contribution in [0.5, 0.6) is 0 Å². The van der Waals surface area contributed by atoms with Crippen LogP contribution in [0.2, 0.25) is 0 Å². The van der Waals surface area contributed by atoms with Crippen molar-refractivity contribution in [3.8, 4) is 22.4 Å². The van der Waals surface area contributed by atoms with Gasteiger partial charge in [-0.2, -0.15) is 0 Å². The van der Waals surface area contributed by atoms with Gasteiger partial charge < -0.3 is 10.1 Å². The fourth-order valence-electron chi connectivity index (χ4n) is 6.67. The Morgan fingerprint density at radius 3 is 2.11 bits per heavy atom. The van der Waals surface area contributed by atoms with E-state index in [9.17, 15) is 14.3 Å². The van der Waals surface area contributed by atoms with E-state index in [0.717, 1.165) is 58.5 Å². The molecular weight excluding hydrogens is 762 g/mol. The molecule has 0 fully saturated rings. The van der Waals surface area contributed by atoms with Gasteiger partial charge >= 0.3 is 0 Å². The molecular formula is C42H43FIrNO2-. The van der Waals surface area contributed by atoms with Crippen LogP contribution < -0.4 is 0 Å². The second-order valence-electron chi connectivity index (χ2n) is 15.0. The maximum atomic E-state index is 14.5. The summed E-state index contributed by atoms with van der Waals surface area (Å²) in [7, 11) is 0. The molecule has 5 heteroatoms. The fraction of sp³-hybridized carbons (Fsp3) is 0.333. The SMILES string of the molecule is CC(C)(C)C(=O)/C=C(\O)C(C)(C)C.Cc1cc2c(ccc3c(-c4[c-]c5c6c(c4)CCc4cccc(c4-6)CC5)nccc32)c(C)c1F.[Ir]. The summed E-state index contributed by atoms with van der Waals surface area (Å²) >= 11 is 0. The number of hydrogen-bond donors (Lipinski definition) is 1. The number of allylic oxidation sites excluding steroid dienone is 2. The van der Waals surface area contributed by atoms with Crippen molar-refractivity contribution in [3.05, 3.63) is 112 Å². The zero-order valence-electron chi connectivity index (χ0n) is 28.6. The molecule has 1 heterocycles. The van der Waals surface area contributed by atoms with Gasteiger partial charge in [0.25, 0.3) is 0 Å². The van der Waals surface area contributed by atoms with Crippen molar-refractivity contribution in [1.29, 1.82) is 0 Å². The van der Waals surface area contributed by atoms with Gasteiger partial charge in [0.15, 0.2) is 5.78 Å². The molecule has 0 saturated carbocycles. The molecule has 1 radical (unpaired) electrons. The number of aliphatic hydroxyl groups excluding tert-OH is 1. The molecule has 47 heavy (non-hydrogen) atoms. The molecule has 2 aliphatic carbocycles. The number of nitrogens with zero attached hydrogens (tertiary/aromatic N) is 1. The fourth-order valence-corrected chi connectivity index (χ4v) is 6.67. The van der Waals surface area contributed by atoms with Crippen LogP contribution in [0.15, 0.2) is 66.6 Å². The Balaban J connectivity index is 0.000000267. The van der Waals surface area contributed by atoms with Crippen LogP contribution in [-0.2, 0) is 50.6 Å². The maximum absolute atomic E-state index is 14.5. The van der Waals surface area contributed by atoms with E-state index in [-0.39, 0.29) is 42.9 Å².